The van der Waals surface area contributed by atoms with E-state index in [-0.39, 0.29) is 12.5 Å². The largest absolute Gasteiger partial charge is 0.401 e. The summed E-state index contributed by atoms with van der Waals surface area (Å²) in [5, 5.41) is 3.77. The SMILES string of the molecule is C/C(N)=C1/NCC(=O)N(c2ccc(Cl)cc2)c2cc(Br)ccc21. The number of nitrogens with zero attached hydrogens (tertiary/aromatic N) is 1. The van der Waals surface area contributed by atoms with Gasteiger partial charge in [-0.3, -0.25) is 9.69 Å². The van der Waals surface area contributed by atoms with Crippen LogP contribution in [0.3, 0.4) is 0 Å². The Kier molecular flexibility index (Phi) is 4.33. The van der Waals surface area contributed by atoms with Crippen LogP contribution in [-0.4, -0.2) is 12.5 Å². The number of anilines is 2. The molecule has 1 amide bonds. The fourth-order valence-corrected chi connectivity index (χ4v) is 3.07. The van der Waals surface area contributed by atoms with Crippen molar-refractivity contribution in [3.8, 4) is 0 Å². The van der Waals surface area contributed by atoms with Crippen LogP contribution in [0.5, 0.6) is 0 Å². The van der Waals surface area contributed by atoms with Crippen LogP contribution in [-0.2, 0) is 4.79 Å². The van der Waals surface area contributed by atoms with Gasteiger partial charge in [-0.05, 0) is 49.4 Å². The first-order chi connectivity index (χ1) is 11.0. The second-order valence-corrected chi connectivity index (χ2v) is 6.63. The van der Waals surface area contributed by atoms with Gasteiger partial charge in [0, 0.05) is 26.4 Å². The Morgan fingerprint density at radius 2 is 1.96 bits per heavy atom. The predicted octanol–water partition coefficient (Wildman–Crippen LogP) is 4.02. The zero-order valence-electron chi connectivity index (χ0n) is 12.4. The van der Waals surface area contributed by atoms with Crippen LogP contribution in [0.4, 0.5) is 11.4 Å². The predicted molar refractivity (Wildman–Crippen MR) is 97.5 cm³/mol. The summed E-state index contributed by atoms with van der Waals surface area (Å²) >= 11 is 9.44. The van der Waals surface area contributed by atoms with Gasteiger partial charge in [0.05, 0.1) is 17.9 Å². The second kappa shape index (κ2) is 6.26. The van der Waals surface area contributed by atoms with Gasteiger partial charge in [-0.1, -0.05) is 27.5 Å². The lowest BCUT2D eigenvalue weighted by molar-refractivity contribution is -0.116. The minimum Gasteiger partial charge on any atom is -0.401 e. The van der Waals surface area contributed by atoms with Crippen LogP contribution in [0.1, 0.15) is 12.5 Å². The maximum absolute atomic E-state index is 12.7. The summed E-state index contributed by atoms with van der Waals surface area (Å²) in [5.41, 5.74) is 9.83. The molecule has 1 heterocycles. The third-order valence-corrected chi connectivity index (χ3v) is 4.36. The van der Waals surface area contributed by atoms with Gasteiger partial charge in [-0.15, -0.1) is 0 Å². The van der Waals surface area contributed by atoms with E-state index >= 15 is 0 Å². The van der Waals surface area contributed by atoms with E-state index in [4.69, 9.17) is 17.3 Å². The molecule has 0 atom stereocenters. The zero-order valence-corrected chi connectivity index (χ0v) is 14.8. The molecule has 2 aromatic rings. The molecule has 0 saturated carbocycles. The molecule has 2 aromatic carbocycles. The summed E-state index contributed by atoms with van der Waals surface area (Å²) < 4.78 is 0.888. The van der Waals surface area contributed by atoms with E-state index in [0.717, 1.165) is 27.1 Å². The number of amides is 1. The molecule has 0 saturated heterocycles. The summed E-state index contributed by atoms with van der Waals surface area (Å²) in [6.45, 7) is 1.98. The number of fused-ring (bicyclic) bond motifs is 1. The number of benzene rings is 2. The zero-order chi connectivity index (χ0) is 16.6. The quantitative estimate of drug-likeness (QED) is 0.771. The second-order valence-electron chi connectivity index (χ2n) is 5.28. The van der Waals surface area contributed by atoms with Crippen molar-refractivity contribution in [1.29, 1.82) is 0 Å². The van der Waals surface area contributed by atoms with Crippen molar-refractivity contribution in [2.45, 2.75) is 6.92 Å². The Bertz CT molecular complexity index is 798. The Balaban J connectivity index is 2.24. The van der Waals surface area contributed by atoms with E-state index in [1.807, 2.05) is 37.3 Å². The molecule has 3 N–H and O–H groups in total. The fraction of sp³-hybridized carbons (Fsp3) is 0.118. The number of rotatable bonds is 1. The average molecular weight is 393 g/mol. The van der Waals surface area contributed by atoms with Crippen LogP contribution in [0.25, 0.3) is 5.70 Å². The first-order valence-corrected chi connectivity index (χ1v) is 8.23. The highest BCUT2D eigenvalue weighted by Crippen LogP contribution is 2.36. The van der Waals surface area contributed by atoms with Crippen molar-refractivity contribution in [3.05, 3.63) is 63.2 Å². The van der Waals surface area contributed by atoms with Crippen molar-refractivity contribution in [2.75, 3.05) is 11.4 Å². The molecular weight excluding hydrogens is 378 g/mol. The van der Waals surface area contributed by atoms with Gasteiger partial charge in [0.25, 0.3) is 5.91 Å². The van der Waals surface area contributed by atoms with Crippen molar-refractivity contribution < 1.29 is 4.79 Å². The first kappa shape index (κ1) is 15.9. The van der Waals surface area contributed by atoms with Gasteiger partial charge >= 0.3 is 0 Å². The van der Waals surface area contributed by atoms with Gasteiger partial charge in [-0.2, -0.15) is 0 Å². The van der Waals surface area contributed by atoms with E-state index in [9.17, 15) is 4.79 Å². The standard InChI is InChI=1S/C17H15BrClN3O/c1-10(20)17-14-7-2-11(18)8-15(14)22(16(23)9-21-17)13-5-3-12(19)4-6-13/h2-8,21H,9,20H2,1H3/b17-10-. The number of hydrogen-bond donors (Lipinski definition) is 2. The number of nitrogens with two attached hydrogens (primary N) is 1. The van der Waals surface area contributed by atoms with Gasteiger partial charge in [0.15, 0.2) is 0 Å². The molecule has 0 bridgehead atoms. The highest BCUT2D eigenvalue weighted by molar-refractivity contribution is 9.10. The topological polar surface area (TPSA) is 58.4 Å². The number of carbonyl (C=O) groups excluding carboxylic acids is 1. The van der Waals surface area contributed by atoms with Crippen molar-refractivity contribution in [2.24, 2.45) is 5.73 Å². The molecule has 3 rings (SSSR count). The van der Waals surface area contributed by atoms with Crippen LogP contribution in [0.2, 0.25) is 5.02 Å². The molecule has 0 radical (unpaired) electrons. The lowest BCUT2D eigenvalue weighted by atomic mass is 10.1. The summed E-state index contributed by atoms with van der Waals surface area (Å²) in [6, 6.07) is 13.0. The molecular formula is C17H15BrClN3O. The highest BCUT2D eigenvalue weighted by atomic mass is 79.9. The molecule has 118 valence electrons. The molecule has 6 heteroatoms. The Morgan fingerprint density at radius 3 is 2.61 bits per heavy atom. The lowest BCUT2D eigenvalue weighted by Crippen LogP contribution is -2.31. The molecule has 0 fully saturated rings. The maximum Gasteiger partial charge on any atom is 0.250 e. The normalized spacial score (nSPS) is 16.5. The lowest BCUT2D eigenvalue weighted by Gasteiger charge is -2.23. The monoisotopic (exact) mass is 391 g/mol. The molecule has 1 aliphatic heterocycles. The Labute approximate surface area is 148 Å². The molecule has 1 aliphatic rings. The number of halogens is 2. The van der Waals surface area contributed by atoms with Crippen molar-refractivity contribution in [3.63, 3.8) is 0 Å². The third kappa shape index (κ3) is 3.07. The number of nitrogens with one attached hydrogen (secondary N) is 1. The van der Waals surface area contributed by atoms with Crippen LogP contribution in [0.15, 0.2) is 52.6 Å². The minimum atomic E-state index is -0.0667. The van der Waals surface area contributed by atoms with Crippen LogP contribution < -0.4 is 16.0 Å². The Morgan fingerprint density at radius 1 is 1.26 bits per heavy atom. The molecule has 23 heavy (non-hydrogen) atoms. The summed E-state index contributed by atoms with van der Waals surface area (Å²) in [7, 11) is 0. The molecule has 4 nitrogen and oxygen atoms in total. The molecule has 0 spiro atoms. The van der Waals surface area contributed by atoms with E-state index in [2.05, 4.69) is 21.2 Å². The maximum atomic E-state index is 12.7. The summed E-state index contributed by atoms with van der Waals surface area (Å²) in [5.74, 6) is -0.0667. The summed E-state index contributed by atoms with van der Waals surface area (Å²) in [4.78, 5) is 14.4. The Hall–Kier alpha value is -1.98. The van der Waals surface area contributed by atoms with Gasteiger partial charge in [0.1, 0.15) is 0 Å². The van der Waals surface area contributed by atoms with Crippen LogP contribution >= 0.6 is 27.5 Å². The molecule has 0 aliphatic carbocycles. The smallest absolute Gasteiger partial charge is 0.250 e. The molecule has 0 aromatic heterocycles. The van der Waals surface area contributed by atoms with Crippen molar-refractivity contribution >= 4 is 50.5 Å². The first-order valence-electron chi connectivity index (χ1n) is 7.06. The highest BCUT2D eigenvalue weighted by Gasteiger charge is 2.26. The van der Waals surface area contributed by atoms with Crippen LogP contribution in [0, 0.1) is 0 Å². The molecule has 0 unspecified atom stereocenters. The number of carbonyl (C=O) groups is 1. The van der Waals surface area contributed by atoms with E-state index in [1.54, 1.807) is 17.0 Å². The third-order valence-electron chi connectivity index (χ3n) is 3.61. The van der Waals surface area contributed by atoms with E-state index in [1.165, 1.54) is 0 Å². The summed E-state index contributed by atoms with van der Waals surface area (Å²) in [6.07, 6.45) is 0. The van der Waals surface area contributed by atoms with E-state index in [0.29, 0.717) is 10.7 Å². The number of hydrogen-bond acceptors (Lipinski definition) is 3. The average Bonchev–Trinajstić information content (AvgIpc) is 2.64. The van der Waals surface area contributed by atoms with E-state index < -0.39 is 0 Å². The minimum absolute atomic E-state index is 0.0667. The van der Waals surface area contributed by atoms with Gasteiger partial charge < -0.3 is 11.1 Å². The van der Waals surface area contributed by atoms with Gasteiger partial charge in [0.2, 0.25) is 0 Å². The number of allylic oxidation sites excluding steroid dienone is 1. The fourth-order valence-electron chi connectivity index (χ4n) is 2.60. The van der Waals surface area contributed by atoms with Crippen molar-refractivity contribution in [1.82, 2.24) is 5.32 Å². The van der Waals surface area contributed by atoms with Gasteiger partial charge in [-0.25, -0.2) is 0 Å².